The smallest absolute Gasteiger partial charge is 0.0127 e. The van der Waals surface area contributed by atoms with Crippen molar-refractivity contribution in [2.75, 3.05) is 0 Å². The highest BCUT2D eigenvalue weighted by molar-refractivity contribution is 7.19. The largest absolute Gasteiger partial charge is 0.147 e. The Morgan fingerprint density at radius 2 is 1.55 bits per heavy atom. The Labute approximate surface area is 79.1 Å². The summed E-state index contributed by atoms with van der Waals surface area (Å²) >= 11 is 0. The van der Waals surface area contributed by atoms with Gasteiger partial charge in [-0.1, -0.05) is 33.1 Å². The highest BCUT2D eigenvalue weighted by atomic mass is 35.5. The standard InChI is InChI=1S/C9H19P.ClH/c1-8(2)9(10)6-4-3-5-7-9;/h8H,3-7,10H2,1-2H3;1H. The molecule has 0 aromatic carbocycles. The van der Waals surface area contributed by atoms with Gasteiger partial charge >= 0.3 is 0 Å². The van der Waals surface area contributed by atoms with Crippen molar-refractivity contribution in [2.45, 2.75) is 51.1 Å². The van der Waals surface area contributed by atoms with Gasteiger partial charge in [-0.3, -0.25) is 0 Å². The first-order valence-corrected chi connectivity index (χ1v) is 5.02. The van der Waals surface area contributed by atoms with Crippen molar-refractivity contribution in [3.05, 3.63) is 0 Å². The monoisotopic (exact) mass is 194 g/mol. The summed E-state index contributed by atoms with van der Waals surface area (Å²) in [6, 6.07) is 0. The topological polar surface area (TPSA) is 0 Å². The predicted molar refractivity (Wildman–Crippen MR) is 57.6 cm³/mol. The van der Waals surface area contributed by atoms with Gasteiger partial charge in [0, 0.05) is 0 Å². The van der Waals surface area contributed by atoms with E-state index in [4.69, 9.17) is 0 Å². The summed E-state index contributed by atoms with van der Waals surface area (Å²) in [6.45, 7) is 4.69. The van der Waals surface area contributed by atoms with E-state index in [0.717, 1.165) is 5.92 Å². The quantitative estimate of drug-likeness (QED) is 0.559. The van der Waals surface area contributed by atoms with Crippen LogP contribution in [0.1, 0.15) is 46.0 Å². The fraction of sp³-hybridized carbons (Fsp3) is 1.00. The van der Waals surface area contributed by atoms with Gasteiger partial charge in [0.2, 0.25) is 0 Å². The molecular weight excluding hydrogens is 175 g/mol. The van der Waals surface area contributed by atoms with Crippen LogP contribution in [0.4, 0.5) is 0 Å². The van der Waals surface area contributed by atoms with E-state index in [0.29, 0.717) is 5.16 Å². The first-order valence-electron chi connectivity index (χ1n) is 4.44. The Hall–Kier alpha value is 0.720. The van der Waals surface area contributed by atoms with Crippen molar-refractivity contribution in [1.29, 1.82) is 0 Å². The summed E-state index contributed by atoms with van der Waals surface area (Å²) in [6.07, 6.45) is 7.21. The van der Waals surface area contributed by atoms with Crippen LogP contribution in [-0.4, -0.2) is 5.16 Å². The fourth-order valence-corrected chi connectivity index (χ4v) is 2.20. The summed E-state index contributed by atoms with van der Waals surface area (Å²) in [5, 5.41) is 0.595. The molecule has 0 saturated heterocycles. The third kappa shape index (κ3) is 2.92. The van der Waals surface area contributed by atoms with E-state index in [-0.39, 0.29) is 12.4 Å². The van der Waals surface area contributed by atoms with Crippen molar-refractivity contribution in [3.63, 3.8) is 0 Å². The average Bonchev–Trinajstić information content (AvgIpc) is 1.89. The lowest BCUT2D eigenvalue weighted by Gasteiger charge is -2.37. The van der Waals surface area contributed by atoms with Crippen LogP contribution in [0.5, 0.6) is 0 Å². The Morgan fingerprint density at radius 3 is 1.82 bits per heavy atom. The summed E-state index contributed by atoms with van der Waals surface area (Å²) < 4.78 is 0. The summed E-state index contributed by atoms with van der Waals surface area (Å²) in [4.78, 5) is 0. The van der Waals surface area contributed by atoms with Crippen LogP contribution in [0.3, 0.4) is 0 Å². The van der Waals surface area contributed by atoms with Crippen LogP contribution in [0.25, 0.3) is 0 Å². The van der Waals surface area contributed by atoms with Crippen molar-refractivity contribution in [1.82, 2.24) is 0 Å². The molecule has 1 aliphatic carbocycles. The molecule has 0 aromatic heterocycles. The van der Waals surface area contributed by atoms with Crippen LogP contribution in [-0.2, 0) is 0 Å². The van der Waals surface area contributed by atoms with Crippen molar-refractivity contribution < 1.29 is 0 Å². The van der Waals surface area contributed by atoms with Crippen LogP contribution in [0.15, 0.2) is 0 Å². The van der Waals surface area contributed by atoms with Crippen LogP contribution in [0.2, 0.25) is 0 Å². The maximum absolute atomic E-state index is 3.08. The van der Waals surface area contributed by atoms with E-state index in [1.54, 1.807) is 0 Å². The van der Waals surface area contributed by atoms with Gasteiger partial charge < -0.3 is 0 Å². The van der Waals surface area contributed by atoms with Gasteiger partial charge in [0.15, 0.2) is 0 Å². The zero-order valence-corrected chi connectivity index (χ0v) is 9.57. The highest BCUT2D eigenvalue weighted by Gasteiger charge is 2.29. The molecule has 0 nitrogen and oxygen atoms in total. The zero-order chi connectivity index (χ0) is 7.61. The van der Waals surface area contributed by atoms with Gasteiger partial charge in [0.05, 0.1) is 0 Å². The third-order valence-corrected chi connectivity index (χ3v) is 4.18. The van der Waals surface area contributed by atoms with Gasteiger partial charge in [-0.15, -0.1) is 21.6 Å². The summed E-state index contributed by atoms with van der Waals surface area (Å²) in [5.74, 6) is 0.845. The van der Waals surface area contributed by atoms with E-state index in [1.165, 1.54) is 32.1 Å². The lowest BCUT2D eigenvalue weighted by atomic mass is 9.81. The number of hydrogen-bond acceptors (Lipinski definition) is 0. The van der Waals surface area contributed by atoms with Gasteiger partial charge in [-0.05, 0) is 23.9 Å². The van der Waals surface area contributed by atoms with Gasteiger partial charge in [0.25, 0.3) is 0 Å². The average molecular weight is 195 g/mol. The Kier molecular flexibility index (Phi) is 4.98. The Bertz CT molecular complexity index is 106. The molecule has 0 N–H and O–H groups in total. The highest BCUT2D eigenvalue weighted by Crippen LogP contribution is 2.41. The zero-order valence-electron chi connectivity index (χ0n) is 7.60. The molecule has 0 amide bonds. The van der Waals surface area contributed by atoms with Crippen molar-refractivity contribution in [3.8, 4) is 0 Å². The minimum absolute atomic E-state index is 0. The number of hydrogen-bond donors (Lipinski definition) is 0. The predicted octanol–water partition coefficient (Wildman–Crippen LogP) is 3.64. The molecule has 0 aromatic rings. The minimum Gasteiger partial charge on any atom is -0.147 e. The molecule has 1 fully saturated rings. The number of halogens is 1. The molecule has 1 unspecified atom stereocenters. The summed E-state index contributed by atoms with van der Waals surface area (Å²) in [7, 11) is 3.08. The maximum Gasteiger partial charge on any atom is -0.0127 e. The molecule has 1 aliphatic rings. The first-order chi connectivity index (χ1) is 4.65. The molecule has 2 heteroatoms. The normalized spacial score (nSPS) is 22.9. The second-order valence-electron chi connectivity index (χ2n) is 3.95. The van der Waals surface area contributed by atoms with Gasteiger partial charge in [-0.2, -0.15) is 0 Å². The summed E-state index contributed by atoms with van der Waals surface area (Å²) in [5.41, 5.74) is 0. The van der Waals surface area contributed by atoms with Crippen molar-refractivity contribution in [2.24, 2.45) is 5.92 Å². The molecule has 0 bridgehead atoms. The molecule has 0 heterocycles. The molecule has 0 aliphatic heterocycles. The molecule has 68 valence electrons. The second kappa shape index (κ2) is 4.67. The molecule has 0 radical (unpaired) electrons. The SMILES string of the molecule is CC(C)C1(P)CCCCC1.Cl. The molecule has 1 saturated carbocycles. The molecule has 0 spiro atoms. The molecular formula is C9H20ClP. The Morgan fingerprint density at radius 1 is 1.09 bits per heavy atom. The van der Waals surface area contributed by atoms with E-state index in [9.17, 15) is 0 Å². The first kappa shape index (κ1) is 11.7. The minimum atomic E-state index is 0. The molecule has 11 heavy (non-hydrogen) atoms. The second-order valence-corrected chi connectivity index (χ2v) is 5.10. The number of rotatable bonds is 1. The third-order valence-electron chi connectivity index (χ3n) is 2.93. The van der Waals surface area contributed by atoms with E-state index in [1.807, 2.05) is 0 Å². The van der Waals surface area contributed by atoms with Crippen LogP contribution in [0, 0.1) is 5.92 Å². The van der Waals surface area contributed by atoms with E-state index < -0.39 is 0 Å². The Balaban J connectivity index is 0.000001000. The van der Waals surface area contributed by atoms with E-state index in [2.05, 4.69) is 23.1 Å². The molecule has 1 rings (SSSR count). The van der Waals surface area contributed by atoms with Gasteiger partial charge in [0.1, 0.15) is 0 Å². The fourth-order valence-electron chi connectivity index (χ4n) is 1.79. The van der Waals surface area contributed by atoms with Gasteiger partial charge in [-0.25, -0.2) is 0 Å². The maximum atomic E-state index is 3.08. The van der Waals surface area contributed by atoms with E-state index >= 15 is 0 Å². The van der Waals surface area contributed by atoms with Crippen LogP contribution < -0.4 is 0 Å². The lowest BCUT2D eigenvalue weighted by molar-refractivity contribution is 0.318. The van der Waals surface area contributed by atoms with Crippen LogP contribution >= 0.6 is 21.6 Å². The lowest BCUT2D eigenvalue weighted by Crippen LogP contribution is -2.29. The molecule has 1 atom stereocenters. The van der Waals surface area contributed by atoms with Crippen molar-refractivity contribution >= 4 is 21.6 Å².